The van der Waals surface area contributed by atoms with Crippen LogP contribution in [0.25, 0.3) is 0 Å². The van der Waals surface area contributed by atoms with Crippen LogP contribution in [0.5, 0.6) is 0 Å². The van der Waals surface area contributed by atoms with Gasteiger partial charge in [-0.05, 0) is 36.8 Å². The van der Waals surface area contributed by atoms with E-state index in [-0.39, 0.29) is 23.2 Å². The molecule has 0 aliphatic carbocycles. The maximum absolute atomic E-state index is 12.5. The number of amides is 1. The van der Waals surface area contributed by atoms with Crippen molar-refractivity contribution >= 4 is 11.9 Å². The summed E-state index contributed by atoms with van der Waals surface area (Å²) in [7, 11) is 0. The summed E-state index contributed by atoms with van der Waals surface area (Å²) in [6.07, 6.45) is 5.67. The second-order valence-corrected chi connectivity index (χ2v) is 7.30. The number of hydrogen-bond donors (Lipinski definition) is 0. The fourth-order valence-electron chi connectivity index (χ4n) is 2.61. The number of hydrogen-bond acceptors (Lipinski definition) is 4. The molecule has 0 radical (unpaired) electrons. The predicted molar refractivity (Wildman–Crippen MR) is 87.9 cm³/mol. The van der Waals surface area contributed by atoms with Gasteiger partial charge in [0.2, 0.25) is 0 Å². The number of carbonyl (C=O) groups is 2. The minimum atomic E-state index is -0.213. The third kappa shape index (κ3) is 5.34. The molecule has 1 aliphatic heterocycles. The normalized spacial score (nSPS) is 18.6. The molecule has 5 heteroatoms. The zero-order valence-corrected chi connectivity index (χ0v) is 14.2. The van der Waals surface area contributed by atoms with Gasteiger partial charge in [-0.1, -0.05) is 20.8 Å². The molecular weight excluding hydrogens is 292 g/mol. The number of ether oxygens (including phenoxy) is 1. The SMILES string of the molecule is CC(C)(C)CCOC(=O)C1CCCN(C(=O)c2ccncc2)C1. The summed E-state index contributed by atoms with van der Waals surface area (Å²) in [5.41, 5.74) is 0.762. The van der Waals surface area contributed by atoms with E-state index in [4.69, 9.17) is 4.74 Å². The Morgan fingerprint density at radius 1 is 1.30 bits per heavy atom. The zero-order chi connectivity index (χ0) is 16.9. The van der Waals surface area contributed by atoms with Gasteiger partial charge in [-0.25, -0.2) is 0 Å². The first-order valence-electron chi connectivity index (χ1n) is 8.23. The molecule has 0 bridgehead atoms. The lowest BCUT2D eigenvalue weighted by atomic mass is 9.93. The van der Waals surface area contributed by atoms with Crippen LogP contribution in [0.2, 0.25) is 0 Å². The average Bonchev–Trinajstić information content (AvgIpc) is 2.54. The second kappa shape index (κ2) is 7.57. The molecule has 23 heavy (non-hydrogen) atoms. The summed E-state index contributed by atoms with van der Waals surface area (Å²) in [6, 6.07) is 3.40. The number of piperidine rings is 1. The lowest BCUT2D eigenvalue weighted by molar-refractivity contribution is -0.150. The molecule has 0 aromatic carbocycles. The number of esters is 1. The van der Waals surface area contributed by atoms with Gasteiger partial charge in [-0.15, -0.1) is 0 Å². The minimum Gasteiger partial charge on any atom is -0.465 e. The van der Waals surface area contributed by atoms with E-state index in [1.807, 2.05) is 0 Å². The van der Waals surface area contributed by atoms with Crippen molar-refractivity contribution in [1.82, 2.24) is 9.88 Å². The summed E-state index contributed by atoms with van der Waals surface area (Å²) >= 11 is 0. The number of nitrogens with zero attached hydrogens (tertiary/aromatic N) is 2. The summed E-state index contributed by atoms with van der Waals surface area (Å²) in [5, 5.41) is 0. The first kappa shape index (κ1) is 17.4. The predicted octanol–water partition coefficient (Wildman–Crippen LogP) is 2.91. The average molecular weight is 318 g/mol. The summed E-state index contributed by atoms with van der Waals surface area (Å²) < 4.78 is 5.40. The quantitative estimate of drug-likeness (QED) is 0.801. The van der Waals surface area contributed by atoms with Crippen LogP contribution < -0.4 is 0 Å². The summed E-state index contributed by atoms with van der Waals surface area (Å²) in [6.45, 7) is 7.93. The van der Waals surface area contributed by atoms with E-state index >= 15 is 0 Å². The smallest absolute Gasteiger partial charge is 0.310 e. The summed E-state index contributed by atoms with van der Waals surface area (Å²) in [4.78, 5) is 30.3. The maximum Gasteiger partial charge on any atom is 0.310 e. The second-order valence-electron chi connectivity index (χ2n) is 7.30. The van der Waals surface area contributed by atoms with Crippen molar-refractivity contribution in [1.29, 1.82) is 0 Å². The Kier molecular flexibility index (Phi) is 5.74. The highest BCUT2D eigenvalue weighted by molar-refractivity contribution is 5.94. The number of likely N-dealkylation sites (tertiary alicyclic amines) is 1. The van der Waals surface area contributed by atoms with Crippen molar-refractivity contribution < 1.29 is 14.3 Å². The van der Waals surface area contributed by atoms with Gasteiger partial charge >= 0.3 is 5.97 Å². The molecule has 1 unspecified atom stereocenters. The van der Waals surface area contributed by atoms with E-state index in [1.54, 1.807) is 29.4 Å². The fourth-order valence-corrected chi connectivity index (χ4v) is 2.61. The van der Waals surface area contributed by atoms with E-state index in [2.05, 4.69) is 25.8 Å². The Labute approximate surface area is 138 Å². The Morgan fingerprint density at radius 3 is 2.65 bits per heavy atom. The molecule has 126 valence electrons. The Balaban J connectivity index is 1.88. The van der Waals surface area contributed by atoms with Crippen molar-refractivity contribution in [3.63, 3.8) is 0 Å². The van der Waals surface area contributed by atoms with Crippen molar-refractivity contribution in [3.8, 4) is 0 Å². The molecule has 2 heterocycles. The molecule has 1 aromatic heterocycles. The first-order valence-corrected chi connectivity index (χ1v) is 8.23. The third-order valence-corrected chi connectivity index (χ3v) is 4.07. The van der Waals surface area contributed by atoms with E-state index in [1.165, 1.54) is 0 Å². The number of pyridine rings is 1. The van der Waals surface area contributed by atoms with E-state index in [0.717, 1.165) is 19.3 Å². The van der Waals surface area contributed by atoms with Gasteiger partial charge < -0.3 is 9.64 Å². The van der Waals surface area contributed by atoms with Crippen molar-refractivity contribution in [2.45, 2.75) is 40.0 Å². The highest BCUT2D eigenvalue weighted by Gasteiger charge is 2.30. The Morgan fingerprint density at radius 2 is 2.00 bits per heavy atom. The highest BCUT2D eigenvalue weighted by Crippen LogP contribution is 2.22. The molecule has 1 atom stereocenters. The molecule has 1 aromatic rings. The number of rotatable bonds is 4. The first-order chi connectivity index (χ1) is 10.9. The van der Waals surface area contributed by atoms with Crippen molar-refractivity contribution in [2.75, 3.05) is 19.7 Å². The lowest BCUT2D eigenvalue weighted by Gasteiger charge is -2.31. The lowest BCUT2D eigenvalue weighted by Crippen LogP contribution is -2.42. The Bertz CT molecular complexity index is 537. The molecule has 1 aliphatic rings. The standard InChI is InChI=1S/C18H26N2O3/c1-18(2,3)8-12-23-17(22)15-5-4-11-20(13-15)16(21)14-6-9-19-10-7-14/h6-7,9-10,15H,4-5,8,11-13H2,1-3H3. The zero-order valence-electron chi connectivity index (χ0n) is 14.2. The van der Waals surface area contributed by atoms with Crippen LogP contribution >= 0.6 is 0 Å². The molecule has 2 rings (SSSR count). The van der Waals surface area contributed by atoms with E-state index in [9.17, 15) is 9.59 Å². The largest absolute Gasteiger partial charge is 0.465 e. The number of carbonyl (C=O) groups excluding carboxylic acids is 2. The molecule has 0 spiro atoms. The van der Waals surface area contributed by atoms with Crippen LogP contribution in [0.15, 0.2) is 24.5 Å². The molecule has 0 N–H and O–H groups in total. The van der Waals surface area contributed by atoms with Gasteiger partial charge in [0.05, 0.1) is 12.5 Å². The van der Waals surface area contributed by atoms with Crippen LogP contribution in [0.4, 0.5) is 0 Å². The van der Waals surface area contributed by atoms with Gasteiger partial charge in [-0.2, -0.15) is 0 Å². The van der Waals surface area contributed by atoms with Gasteiger partial charge in [0, 0.05) is 31.0 Å². The van der Waals surface area contributed by atoms with Crippen LogP contribution in [-0.2, 0) is 9.53 Å². The molecule has 1 fully saturated rings. The van der Waals surface area contributed by atoms with Crippen LogP contribution in [0.3, 0.4) is 0 Å². The number of aromatic nitrogens is 1. The van der Waals surface area contributed by atoms with Crippen molar-refractivity contribution in [3.05, 3.63) is 30.1 Å². The van der Waals surface area contributed by atoms with Gasteiger partial charge in [0.15, 0.2) is 0 Å². The van der Waals surface area contributed by atoms with Gasteiger partial charge in [0.25, 0.3) is 5.91 Å². The minimum absolute atomic E-state index is 0.0420. The summed E-state index contributed by atoms with van der Waals surface area (Å²) in [5.74, 6) is -0.435. The van der Waals surface area contributed by atoms with Crippen LogP contribution in [0, 0.1) is 11.3 Å². The van der Waals surface area contributed by atoms with Crippen LogP contribution in [-0.4, -0.2) is 41.5 Å². The van der Waals surface area contributed by atoms with Gasteiger partial charge in [0.1, 0.15) is 0 Å². The maximum atomic E-state index is 12.5. The molecule has 1 amide bonds. The Hall–Kier alpha value is -1.91. The molecular formula is C18H26N2O3. The van der Waals surface area contributed by atoms with Gasteiger partial charge in [-0.3, -0.25) is 14.6 Å². The third-order valence-electron chi connectivity index (χ3n) is 4.07. The molecule has 5 nitrogen and oxygen atoms in total. The topological polar surface area (TPSA) is 59.5 Å². The monoisotopic (exact) mass is 318 g/mol. The van der Waals surface area contributed by atoms with E-state index in [0.29, 0.717) is 25.3 Å². The van der Waals surface area contributed by atoms with Crippen LogP contribution in [0.1, 0.15) is 50.4 Å². The molecule has 0 saturated carbocycles. The van der Waals surface area contributed by atoms with Crippen molar-refractivity contribution in [2.24, 2.45) is 11.3 Å². The fraction of sp³-hybridized carbons (Fsp3) is 0.611. The van der Waals surface area contributed by atoms with E-state index < -0.39 is 0 Å². The molecule has 1 saturated heterocycles. The highest BCUT2D eigenvalue weighted by atomic mass is 16.5.